The van der Waals surface area contributed by atoms with E-state index in [1.165, 1.54) is 6.92 Å². The van der Waals surface area contributed by atoms with Gasteiger partial charge < -0.3 is 25.4 Å². The number of hydrogen-bond acceptors (Lipinski definition) is 4. The zero-order valence-corrected chi connectivity index (χ0v) is 14.9. The predicted molar refractivity (Wildman–Crippen MR) is 96.6 cm³/mol. The molecule has 24 heavy (non-hydrogen) atoms. The molecule has 0 aliphatic heterocycles. The highest BCUT2D eigenvalue weighted by molar-refractivity contribution is 5.90. The average Bonchev–Trinajstić information content (AvgIpc) is 2.57. The molecule has 1 amide bonds. The number of ether oxygens (including phenoxy) is 2. The lowest BCUT2D eigenvalue weighted by atomic mass is 10.2. The second-order valence-corrected chi connectivity index (χ2v) is 5.12. The molecule has 0 radical (unpaired) electrons. The first-order valence-corrected chi connectivity index (χ1v) is 8.07. The molecular weight excluding hydrogens is 308 g/mol. The molecule has 0 aromatic heterocycles. The van der Waals surface area contributed by atoms with Crippen LogP contribution < -0.4 is 20.7 Å². The topological polar surface area (TPSA) is 84.0 Å². The number of nitrogens with one attached hydrogen (secondary N) is 3. The fourth-order valence-electron chi connectivity index (χ4n) is 2.08. The van der Waals surface area contributed by atoms with E-state index in [0.29, 0.717) is 18.0 Å². The van der Waals surface area contributed by atoms with Crippen LogP contribution >= 0.6 is 0 Å². The first-order chi connectivity index (χ1) is 11.6. The van der Waals surface area contributed by atoms with Crippen molar-refractivity contribution in [1.29, 1.82) is 0 Å². The van der Waals surface area contributed by atoms with Crippen LogP contribution in [-0.4, -0.2) is 45.8 Å². The van der Waals surface area contributed by atoms with Gasteiger partial charge in [-0.1, -0.05) is 6.07 Å². The van der Waals surface area contributed by atoms with E-state index in [4.69, 9.17) is 9.47 Å². The lowest BCUT2D eigenvalue weighted by molar-refractivity contribution is -0.114. The van der Waals surface area contributed by atoms with Crippen LogP contribution in [0.2, 0.25) is 0 Å². The minimum atomic E-state index is -0.134. The zero-order valence-electron chi connectivity index (χ0n) is 14.9. The molecule has 0 aliphatic carbocycles. The predicted octanol–water partition coefficient (Wildman–Crippen LogP) is 1.75. The normalized spacial score (nSPS) is 11.1. The Morgan fingerprint density at radius 2 is 2.08 bits per heavy atom. The van der Waals surface area contributed by atoms with Crippen LogP contribution in [0.1, 0.15) is 25.8 Å². The van der Waals surface area contributed by atoms with Crippen molar-refractivity contribution in [2.24, 2.45) is 4.99 Å². The van der Waals surface area contributed by atoms with Crippen LogP contribution in [0.3, 0.4) is 0 Å². The van der Waals surface area contributed by atoms with Crippen molar-refractivity contribution in [1.82, 2.24) is 10.6 Å². The smallest absolute Gasteiger partial charge is 0.221 e. The molecule has 1 aromatic carbocycles. The first-order valence-electron chi connectivity index (χ1n) is 8.07. The van der Waals surface area contributed by atoms with E-state index in [-0.39, 0.29) is 5.91 Å². The number of benzene rings is 1. The highest BCUT2D eigenvalue weighted by Crippen LogP contribution is 2.25. The van der Waals surface area contributed by atoms with Crippen molar-refractivity contribution in [3.63, 3.8) is 0 Å². The summed E-state index contributed by atoms with van der Waals surface area (Å²) in [4.78, 5) is 15.5. The van der Waals surface area contributed by atoms with Gasteiger partial charge in [-0.05, 0) is 31.0 Å². The Labute approximate surface area is 143 Å². The van der Waals surface area contributed by atoms with Gasteiger partial charge in [0.05, 0.1) is 12.8 Å². The molecule has 7 heteroatoms. The van der Waals surface area contributed by atoms with E-state index in [1.54, 1.807) is 14.2 Å². The van der Waals surface area contributed by atoms with Crippen molar-refractivity contribution >= 4 is 17.6 Å². The molecule has 0 aliphatic rings. The molecular formula is C17H28N4O3. The Morgan fingerprint density at radius 3 is 2.71 bits per heavy atom. The standard InChI is InChI=1S/C17H28N4O3/c1-5-24-10-6-9-19-17(18-3)20-12-14-7-8-16(23-4)15(11-14)21-13(2)22/h7-8,11H,5-6,9-10,12H2,1-4H3,(H,21,22)(H2,18,19,20). The molecule has 1 aromatic rings. The van der Waals surface area contributed by atoms with E-state index in [0.717, 1.165) is 37.7 Å². The molecule has 0 saturated heterocycles. The van der Waals surface area contributed by atoms with Crippen LogP contribution in [0.15, 0.2) is 23.2 Å². The minimum absolute atomic E-state index is 0.134. The number of hydrogen-bond donors (Lipinski definition) is 3. The molecule has 0 bridgehead atoms. The van der Waals surface area contributed by atoms with Crippen molar-refractivity contribution in [3.05, 3.63) is 23.8 Å². The van der Waals surface area contributed by atoms with Gasteiger partial charge in [-0.25, -0.2) is 0 Å². The van der Waals surface area contributed by atoms with Crippen molar-refractivity contribution in [3.8, 4) is 5.75 Å². The summed E-state index contributed by atoms with van der Waals surface area (Å²) < 4.78 is 10.5. The van der Waals surface area contributed by atoms with Gasteiger partial charge in [-0.3, -0.25) is 9.79 Å². The molecule has 0 heterocycles. The molecule has 0 fully saturated rings. The third-order valence-corrected chi connectivity index (χ3v) is 3.22. The van der Waals surface area contributed by atoms with Crippen LogP contribution in [0.4, 0.5) is 5.69 Å². The minimum Gasteiger partial charge on any atom is -0.495 e. The fourth-order valence-corrected chi connectivity index (χ4v) is 2.08. The van der Waals surface area contributed by atoms with Crippen LogP contribution in [-0.2, 0) is 16.1 Å². The first kappa shape index (κ1) is 19.8. The molecule has 7 nitrogen and oxygen atoms in total. The highest BCUT2D eigenvalue weighted by Gasteiger charge is 2.06. The Kier molecular flexibility index (Phi) is 9.29. The number of nitrogens with zero attached hydrogens (tertiary/aromatic N) is 1. The SMILES string of the molecule is CCOCCCNC(=NC)NCc1ccc(OC)c(NC(C)=O)c1. The Balaban J connectivity index is 2.54. The van der Waals surface area contributed by atoms with Crippen LogP contribution in [0.5, 0.6) is 5.75 Å². The van der Waals surface area contributed by atoms with E-state index in [9.17, 15) is 4.79 Å². The number of carbonyl (C=O) groups excluding carboxylic acids is 1. The number of methoxy groups -OCH3 is 1. The number of aliphatic imine (C=N–C) groups is 1. The molecule has 0 unspecified atom stereocenters. The van der Waals surface area contributed by atoms with Gasteiger partial charge in [0.2, 0.25) is 5.91 Å². The summed E-state index contributed by atoms with van der Waals surface area (Å²) in [5.41, 5.74) is 1.67. The van der Waals surface area contributed by atoms with Crippen LogP contribution in [0.25, 0.3) is 0 Å². The lowest BCUT2D eigenvalue weighted by Gasteiger charge is -2.14. The third-order valence-electron chi connectivity index (χ3n) is 3.22. The van der Waals surface area contributed by atoms with Crippen molar-refractivity contribution in [2.75, 3.05) is 39.2 Å². The second-order valence-electron chi connectivity index (χ2n) is 5.12. The zero-order chi connectivity index (χ0) is 17.8. The monoisotopic (exact) mass is 336 g/mol. The third kappa shape index (κ3) is 7.32. The van der Waals surface area contributed by atoms with E-state index < -0.39 is 0 Å². The molecule has 0 atom stereocenters. The number of carbonyl (C=O) groups is 1. The maximum atomic E-state index is 11.3. The highest BCUT2D eigenvalue weighted by atomic mass is 16.5. The number of guanidine groups is 1. The fraction of sp³-hybridized carbons (Fsp3) is 0.529. The number of anilines is 1. The van der Waals surface area contributed by atoms with Gasteiger partial charge in [0.15, 0.2) is 5.96 Å². The molecule has 0 spiro atoms. The lowest BCUT2D eigenvalue weighted by Crippen LogP contribution is -2.37. The Morgan fingerprint density at radius 1 is 1.29 bits per heavy atom. The summed E-state index contributed by atoms with van der Waals surface area (Å²) >= 11 is 0. The van der Waals surface area contributed by atoms with E-state index in [2.05, 4.69) is 20.9 Å². The summed E-state index contributed by atoms with van der Waals surface area (Å²) in [6, 6.07) is 5.66. The average molecular weight is 336 g/mol. The summed E-state index contributed by atoms with van der Waals surface area (Å²) in [7, 11) is 3.31. The maximum absolute atomic E-state index is 11.3. The molecule has 0 saturated carbocycles. The van der Waals surface area contributed by atoms with Gasteiger partial charge in [0.1, 0.15) is 5.75 Å². The van der Waals surface area contributed by atoms with E-state index in [1.807, 2.05) is 25.1 Å². The van der Waals surface area contributed by atoms with Gasteiger partial charge in [-0.15, -0.1) is 0 Å². The summed E-state index contributed by atoms with van der Waals surface area (Å²) in [6.07, 6.45) is 0.920. The van der Waals surface area contributed by atoms with Gasteiger partial charge in [0.25, 0.3) is 0 Å². The Bertz CT molecular complexity index is 547. The number of rotatable bonds is 9. The number of amides is 1. The Hall–Kier alpha value is -2.28. The van der Waals surface area contributed by atoms with Gasteiger partial charge in [0, 0.05) is 40.3 Å². The molecule has 134 valence electrons. The van der Waals surface area contributed by atoms with Crippen LogP contribution in [0, 0.1) is 0 Å². The summed E-state index contributed by atoms with van der Waals surface area (Å²) in [5, 5.41) is 9.24. The van der Waals surface area contributed by atoms with Crippen molar-refractivity contribution in [2.45, 2.75) is 26.8 Å². The summed E-state index contributed by atoms with van der Waals surface area (Å²) in [6.45, 7) is 6.30. The van der Waals surface area contributed by atoms with Gasteiger partial charge in [-0.2, -0.15) is 0 Å². The second kappa shape index (κ2) is 11.3. The largest absolute Gasteiger partial charge is 0.495 e. The van der Waals surface area contributed by atoms with Gasteiger partial charge >= 0.3 is 0 Å². The molecule has 1 rings (SSSR count). The van der Waals surface area contributed by atoms with Crippen molar-refractivity contribution < 1.29 is 14.3 Å². The quantitative estimate of drug-likeness (QED) is 0.363. The van der Waals surface area contributed by atoms with E-state index >= 15 is 0 Å². The maximum Gasteiger partial charge on any atom is 0.221 e. The summed E-state index contributed by atoms with van der Waals surface area (Å²) in [5.74, 6) is 1.22. The molecule has 3 N–H and O–H groups in total.